The molecule has 1 saturated heterocycles. The van der Waals surface area contributed by atoms with E-state index in [1.165, 1.54) is 11.4 Å². The van der Waals surface area contributed by atoms with Crippen LogP contribution in [0.5, 0.6) is 0 Å². The van der Waals surface area contributed by atoms with Crippen molar-refractivity contribution in [1.29, 1.82) is 0 Å². The summed E-state index contributed by atoms with van der Waals surface area (Å²) in [6.07, 6.45) is 1.02. The van der Waals surface area contributed by atoms with Crippen molar-refractivity contribution in [3.8, 4) is 0 Å². The first-order valence-electron chi connectivity index (χ1n) is 8.36. The van der Waals surface area contributed by atoms with Crippen LogP contribution in [0.1, 0.15) is 32.2 Å². The van der Waals surface area contributed by atoms with Gasteiger partial charge >= 0.3 is 0 Å². The Morgan fingerprint density at radius 1 is 1.19 bits per heavy atom. The topological polar surface area (TPSA) is 50.3 Å². The lowest BCUT2D eigenvalue weighted by molar-refractivity contribution is 0.114. The Morgan fingerprint density at radius 3 is 2.43 bits per heavy atom. The molecular formula is C16H31N5. The predicted molar refractivity (Wildman–Crippen MR) is 87.2 cm³/mol. The molecule has 0 aromatic carbocycles. The Balaban J connectivity index is 1.84. The fourth-order valence-electron chi connectivity index (χ4n) is 2.96. The highest BCUT2D eigenvalue weighted by molar-refractivity contribution is 5.10. The lowest BCUT2D eigenvalue weighted by Crippen LogP contribution is -2.47. The summed E-state index contributed by atoms with van der Waals surface area (Å²) in [7, 11) is 0. The van der Waals surface area contributed by atoms with Crippen molar-refractivity contribution < 1.29 is 0 Å². The predicted octanol–water partition coefficient (Wildman–Crippen LogP) is 1.18. The van der Waals surface area contributed by atoms with Gasteiger partial charge in [-0.15, -0.1) is 0 Å². The molecule has 5 heteroatoms. The molecule has 1 aromatic rings. The number of nitrogens with zero attached hydrogens (tertiary/aromatic N) is 4. The first-order valence-corrected chi connectivity index (χ1v) is 8.36. The van der Waals surface area contributed by atoms with E-state index in [2.05, 4.69) is 46.4 Å². The van der Waals surface area contributed by atoms with E-state index in [0.717, 1.165) is 58.8 Å². The monoisotopic (exact) mass is 293 g/mol. The fraction of sp³-hybridized carbons (Fsp3) is 0.812. The van der Waals surface area contributed by atoms with Gasteiger partial charge in [-0.05, 0) is 31.9 Å². The Bertz CT molecular complexity index is 420. The standard InChI is InChI=1S/C16H31N5/c1-4-15-10-16(21(5-2)18-15)13-20-8-6-19(7-9-20)12-14(3)11-17/h10,14H,4-9,11-13,17H2,1-3H3. The third kappa shape index (κ3) is 4.53. The van der Waals surface area contributed by atoms with Gasteiger partial charge in [0.2, 0.25) is 0 Å². The van der Waals surface area contributed by atoms with Gasteiger partial charge in [0.1, 0.15) is 0 Å². The normalized spacial score (nSPS) is 19.0. The summed E-state index contributed by atoms with van der Waals surface area (Å²) < 4.78 is 2.15. The maximum Gasteiger partial charge on any atom is 0.0625 e. The third-order valence-corrected chi connectivity index (χ3v) is 4.40. The Morgan fingerprint density at radius 2 is 1.86 bits per heavy atom. The number of hydrogen-bond acceptors (Lipinski definition) is 4. The van der Waals surface area contributed by atoms with Crippen LogP contribution in [0.3, 0.4) is 0 Å². The van der Waals surface area contributed by atoms with E-state index in [0.29, 0.717) is 5.92 Å². The van der Waals surface area contributed by atoms with Crippen molar-refractivity contribution in [1.82, 2.24) is 19.6 Å². The molecule has 2 heterocycles. The van der Waals surface area contributed by atoms with Crippen molar-refractivity contribution in [3.63, 3.8) is 0 Å². The van der Waals surface area contributed by atoms with Crippen LogP contribution in [-0.2, 0) is 19.5 Å². The molecular weight excluding hydrogens is 262 g/mol. The maximum atomic E-state index is 5.72. The maximum absolute atomic E-state index is 5.72. The summed E-state index contributed by atoms with van der Waals surface area (Å²) in [6.45, 7) is 15.1. The molecule has 5 nitrogen and oxygen atoms in total. The number of rotatable bonds is 7. The summed E-state index contributed by atoms with van der Waals surface area (Å²) >= 11 is 0. The molecule has 1 aliphatic rings. The van der Waals surface area contributed by atoms with E-state index in [4.69, 9.17) is 5.73 Å². The minimum absolute atomic E-state index is 0.602. The molecule has 2 rings (SSSR count). The van der Waals surface area contributed by atoms with Gasteiger partial charge in [0.05, 0.1) is 11.4 Å². The minimum Gasteiger partial charge on any atom is -0.330 e. The second-order valence-corrected chi connectivity index (χ2v) is 6.21. The van der Waals surface area contributed by atoms with Crippen LogP contribution < -0.4 is 5.73 Å². The van der Waals surface area contributed by atoms with Gasteiger partial charge in [0.15, 0.2) is 0 Å². The molecule has 21 heavy (non-hydrogen) atoms. The Hall–Kier alpha value is -0.910. The molecule has 0 saturated carbocycles. The van der Waals surface area contributed by atoms with E-state index in [1.54, 1.807) is 0 Å². The van der Waals surface area contributed by atoms with E-state index in [-0.39, 0.29) is 0 Å². The summed E-state index contributed by atoms with van der Waals surface area (Å²) in [5, 5.41) is 4.64. The second-order valence-electron chi connectivity index (χ2n) is 6.21. The first-order chi connectivity index (χ1) is 10.2. The number of hydrogen-bond donors (Lipinski definition) is 1. The average molecular weight is 293 g/mol. The van der Waals surface area contributed by atoms with Crippen molar-refractivity contribution in [2.45, 2.75) is 40.3 Å². The van der Waals surface area contributed by atoms with Gasteiger partial charge in [-0.25, -0.2) is 0 Å². The number of aromatic nitrogens is 2. The van der Waals surface area contributed by atoms with Gasteiger partial charge in [-0.3, -0.25) is 9.58 Å². The lowest BCUT2D eigenvalue weighted by atomic mass is 10.1. The Labute approximate surface area is 129 Å². The van der Waals surface area contributed by atoms with Gasteiger partial charge < -0.3 is 10.6 Å². The quantitative estimate of drug-likeness (QED) is 0.820. The zero-order valence-corrected chi connectivity index (χ0v) is 13.9. The largest absolute Gasteiger partial charge is 0.330 e. The molecule has 0 amide bonds. The van der Waals surface area contributed by atoms with E-state index < -0.39 is 0 Å². The highest BCUT2D eigenvalue weighted by Gasteiger charge is 2.19. The molecule has 1 unspecified atom stereocenters. The summed E-state index contributed by atoms with van der Waals surface area (Å²) in [5.74, 6) is 0.602. The van der Waals surface area contributed by atoms with Crippen LogP contribution in [0, 0.1) is 5.92 Å². The summed E-state index contributed by atoms with van der Waals surface area (Å²) in [4.78, 5) is 5.09. The zero-order valence-electron chi connectivity index (χ0n) is 13.9. The average Bonchev–Trinajstić information content (AvgIpc) is 2.91. The highest BCUT2D eigenvalue weighted by Crippen LogP contribution is 2.12. The van der Waals surface area contributed by atoms with Gasteiger partial charge in [-0.2, -0.15) is 5.10 Å². The second kappa shape index (κ2) is 7.92. The molecule has 120 valence electrons. The molecule has 0 aliphatic carbocycles. The fourth-order valence-corrected chi connectivity index (χ4v) is 2.96. The summed E-state index contributed by atoms with van der Waals surface area (Å²) in [5.41, 5.74) is 8.29. The van der Waals surface area contributed by atoms with Gasteiger partial charge in [0.25, 0.3) is 0 Å². The SMILES string of the molecule is CCc1cc(CN2CCN(CC(C)CN)CC2)n(CC)n1. The molecule has 1 aromatic heterocycles. The van der Waals surface area contributed by atoms with Gasteiger partial charge in [0, 0.05) is 45.8 Å². The molecule has 0 radical (unpaired) electrons. The van der Waals surface area contributed by atoms with Crippen LogP contribution in [0.4, 0.5) is 0 Å². The van der Waals surface area contributed by atoms with Crippen molar-refractivity contribution in [3.05, 3.63) is 17.5 Å². The Kier molecular flexibility index (Phi) is 6.21. The third-order valence-electron chi connectivity index (χ3n) is 4.40. The summed E-state index contributed by atoms with van der Waals surface area (Å²) in [6, 6.07) is 2.27. The number of piperazine rings is 1. The molecule has 0 bridgehead atoms. The smallest absolute Gasteiger partial charge is 0.0625 e. The van der Waals surface area contributed by atoms with Crippen LogP contribution in [-0.4, -0.2) is 58.8 Å². The number of aryl methyl sites for hydroxylation is 2. The number of nitrogens with two attached hydrogens (primary N) is 1. The molecule has 2 N–H and O–H groups in total. The van der Waals surface area contributed by atoms with Crippen LogP contribution >= 0.6 is 0 Å². The van der Waals surface area contributed by atoms with E-state index in [9.17, 15) is 0 Å². The van der Waals surface area contributed by atoms with Gasteiger partial charge in [-0.1, -0.05) is 13.8 Å². The molecule has 1 fully saturated rings. The van der Waals surface area contributed by atoms with Crippen LogP contribution in [0.15, 0.2) is 6.07 Å². The first kappa shape index (κ1) is 16.5. The van der Waals surface area contributed by atoms with Crippen molar-refractivity contribution >= 4 is 0 Å². The van der Waals surface area contributed by atoms with E-state index >= 15 is 0 Å². The molecule has 0 spiro atoms. The van der Waals surface area contributed by atoms with Crippen LogP contribution in [0.2, 0.25) is 0 Å². The van der Waals surface area contributed by atoms with Crippen LogP contribution in [0.25, 0.3) is 0 Å². The zero-order chi connectivity index (χ0) is 15.2. The molecule has 1 atom stereocenters. The lowest BCUT2D eigenvalue weighted by Gasteiger charge is -2.35. The minimum atomic E-state index is 0.602. The van der Waals surface area contributed by atoms with E-state index in [1.807, 2.05) is 0 Å². The van der Waals surface area contributed by atoms with Crippen molar-refractivity contribution in [2.24, 2.45) is 11.7 Å². The van der Waals surface area contributed by atoms with Crippen molar-refractivity contribution in [2.75, 3.05) is 39.3 Å². The molecule has 1 aliphatic heterocycles. The highest BCUT2D eigenvalue weighted by atomic mass is 15.3.